The zero-order valence-corrected chi connectivity index (χ0v) is 14.8. The fourth-order valence-corrected chi connectivity index (χ4v) is 3.47. The number of nitrogens with one attached hydrogen (secondary N) is 1. The summed E-state index contributed by atoms with van der Waals surface area (Å²) in [6, 6.07) is 10.6. The number of ether oxygens (including phenoxy) is 1. The molecular formula is C16H15N5O4S. The van der Waals surface area contributed by atoms with E-state index in [-0.39, 0.29) is 10.5 Å². The Kier molecular flexibility index (Phi) is 4.67. The van der Waals surface area contributed by atoms with Crippen LogP contribution in [0.5, 0.6) is 0 Å². The smallest absolute Gasteiger partial charge is 0.337 e. The highest BCUT2D eigenvalue weighted by Gasteiger charge is 2.17. The van der Waals surface area contributed by atoms with Crippen molar-refractivity contribution in [1.29, 1.82) is 0 Å². The highest BCUT2D eigenvalue weighted by atomic mass is 32.2. The molecule has 0 spiro atoms. The number of anilines is 1. The van der Waals surface area contributed by atoms with Gasteiger partial charge in [-0.25, -0.2) is 17.9 Å². The van der Waals surface area contributed by atoms with Crippen molar-refractivity contribution < 1.29 is 17.9 Å². The minimum Gasteiger partial charge on any atom is -0.465 e. The van der Waals surface area contributed by atoms with Gasteiger partial charge in [0.2, 0.25) is 0 Å². The molecule has 3 rings (SSSR count). The lowest BCUT2D eigenvalue weighted by Crippen LogP contribution is -2.15. The zero-order valence-electron chi connectivity index (χ0n) is 13.9. The van der Waals surface area contributed by atoms with Crippen LogP contribution in [-0.2, 0) is 14.8 Å². The van der Waals surface area contributed by atoms with Crippen LogP contribution in [0.15, 0.2) is 53.7 Å². The van der Waals surface area contributed by atoms with Gasteiger partial charge in [0.05, 0.1) is 28.9 Å². The third kappa shape index (κ3) is 3.40. The third-order valence-corrected chi connectivity index (χ3v) is 5.11. The molecule has 0 aliphatic heterocycles. The lowest BCUT2D eigenvalue weighted by Gasteiger charge is -2.13. The normalized spacial score (nSPS) is 11.2. The molecule has 0 unspecified atom stereocenters. The highest BCUT2D eigenvalue weighted by molar-refractivity contribution is 7.92. The van der Waals surface area contributed by atoms with E-state index in [4.69, 9.17) is 0 Å². The van der Waals surface area contributed by atoms with Gasteiger partial charge < -0.3 is 4.74 Å². The van der Waals surface area contributed by atoms with E-state index in [2.05, 4.69) is 25.0 Å². The summed E-state index contributed by atoms with van der Waals surface area (Å²) in [6.07, 6.45) is 1.42. The number of tetrazole rings is 1. The number of hydrogen-bond acceptors (Lipinski definition) is 7. The average Bonchev–Trinajstić information content (AvgIpc) is 3.17. The minimum absolute atomic E-state index is 0.0254. The first-order valence-corrected chi connectivity index (χ1v) is 8.95. The van der Waals surface area contributed by atoms with E-state index in [1.165, 1.54) is 42.4 Å². The van der Waals surface area contributed by atoms with Crippen LogP contribution in [0.25, 0.3) is 5.69 Å². The zero-order chi connectivity index (χ0) is 18.7. The van der Waals surface area contributed by atoms with Gasteiger partial charge in [0.1, 0.15) is 6.33 Å². The Hall–Kier alpha value is -3.27. The summed E-state index contributed by atoms with van der Waals surface area (Å²) >= 11 is 0. The van der Waals surface area contributed by atoms with E-state index < -0.39 is 16.0 Å². The molecule has 1 heterocycles. The van der Waals surface area contributed by atoms with Crippen molar-refractivity contribution in [2.45, 2.75) is 11.8 Å². The molecule has 0 radical (unpaired) electrons. The van der Waals surface area contributed by atoms with Crippen LogP contribution in [0.2, 0.25) is 0 Å². The molecule has 1 N–H and O–H groups in total. The van der Waals surface area contributed by atoms with Gasteiger partial charge in [-0.05, 0) is 59.3 Å². The molecule has 0 aliphatic carbocycles. The van der Waals surface area contributed by atoms with E-state index in [1.54, 1.807) is 25.1 Å². The number of carbonyl (C=O) groups excluding carboxylic acids is 1. The Morgan fingerprint density at radius 2 is 1.88 bits per heavy atom. The van der Waals surface area contributed by atoms with Crippen molar-refractivity contribution in [3.63, 3.8) is 0 Å². The van der Waals surface area contributed by atoms with Gasteiger partial charge in [-0.1, -0.05) is 6.07 Å². The maximum Gasteiger partial charge on any atom is 0.337 e. The predicted molar refractivity (Wildman–Crippen MR) is 92.5 cm³/mol. The maximum atomic E-state index is 12.6. The number of carbonyl (C=O) groups is 1. The van der Waals surface area contributed by atoms with Crippen LogP contribution in [0.1, 0.15) is 15.9 Å². The molecule has 3 aromatic rings. The number of nitrogens with zero attached hydrogens (tertiary/aromatic N) is 4. The fourth-order valence-electron chi connectivity index (χ4n) is 2.35. The fraction of sp³-hybridized carbons (Fsp3) is 0.125. The third-order valence-electron chi connectivity index (χ3n) is 3.73. The molecule has 0 amide bonds. The molecule has 0 aliphatic rings. The number of esters is 1. The Morgan fingerprint density at radius 1 is 1.15 bits per heavy atom. The number of sulfonamides is 1. The lowest BCUT2D eigenvalue weighted by molar-refractivity contribution is 0.0600. The van der Waals surface area contributed by atoms with E-state index >= 15 is 0 Å². The highest BCUT2D eigenvalue weighted by Crippen LogP contribution is 2.24. The molecule has 10 heteroatoms. The molecule has 0 fully saturated rings. The molecule has 1 aromatic heterocycles. The van der Waals surface area contributed by atoms with Crippen LogP contribution >= 0.6 is 0 Å². The first kappa shape index (κ1) is 17.5. The largest absolute Gasteiger partial charge is 0.465 e. The Labute approximate surface area is 149 Å². The Bertz CT molecular complexity index is 1030. The van der Waals surface area contributed by atoms with Gasteiger partial charge in [-0.2, -0.15) is 0 Å². The maximum absolute atomic E-state index is 12.6. The van der Waals surface area contributed by atoms with Crippen LogP contribution in [0.4, 0.5) is 5.69 Å². The molecule has 0 atom stereocenters. The standard InChI is InChI=1S/C16H15N5O4S/c1-11-14(4-3-5-15(11)21-10-17-19-20-21)18-26(23,24)13-8-6-12(7-9-13)16(22)25-2/h3-10,18H,1-2H3. The molecule has 0 saturated carbocycles. The van der Waals surface area contributed by atoms with Crippen LogP contribution in [0, 0.1) is 6.92 Å². The van der Waals surface area contributed by atoms with E-state index in [1.807, 2.05) is 0 Å². The SMILES string of the molecule is COC(=O)c1ccc(S(=O)(=O)Nc2cccc(-n3cnnn3)c2C)cc1. The van der Waals surface area contributed by atoms with Gasteiger partial charge in [-0.3, -0.25) is 4.72 Å². The monoisotopic (exact) mass is 373 g/mol. The van der Waals surface area contributed by atoms with Gasteiger partial charge >= 0.3 is 5.97 Å². The van der Waals surface area contributed by atoms with E-state index in [9.17, 15) is 13.2 Å². The number of hydrogen-bond donors (Lipinski definition) is 1. The quantitative estimate of drug-likeness (QED) is 0.675. The predicted octanol–water partition coefficient (Wildman–Crippen LogP) is 1.56. The number of methoxy groups -OCH3 is 1. The summed E-state index contributed by atoms with van der Waals surface area (Å²) in [6.45, 7) is 1.76. The second-order valence-corrected chi connectivity index (χ2v) is 7.01. The minimum atomic E-state index is -3.83. The van der Waals surface area contributed by atoms with E-state index in [0.29, 0.717) is 16.9 Å². The second kappa shape index (κ2) is 6.92. The van der Waals surface area contributed by atoms with Gasteiger partial charge in [0.25, 0.3) is 10.0 Å². The Morgan fingerprint density at radius 3 is 2.50 bits per heavy atom. The van der Waals surface area contributed by atoms with Crippen LogP contribution in [0.3, 0.4) is 0 Å². The molecule has 0 bridgehead atoms. The number of rotatable bonds is 5. The van der Waals surface area contributed by atoms with Crippen molar-refractivity contribution in [2.24, 2.45) is 0 Å². The summed E-state index contributed by atoms with van der Waals surface area (Å²) in [5, 5.41) is 11.0. The average molecular weight is 373 g/mol. The summed E-state index contributed by atoms with van der Waals surface area (Å²) in [5.74, 6) is -0.535. The van der Waals surface area contributed by atoms with Gasteiger partial charge in [0, 0.05) is 0 Å². The molecule has 134 valence electrons. The van der Waals surface area contributed by atoms with Crippen LogP contribution < -0.4 is 4.72 Å². The van der Waals surface area contributed by atoms with Gasteiger partial charge in [0.15, 0.2) is 0 Å². The van der Waals surface area contributed by atoms with Crippen molar-refractivity contribution >= 4 is 21.7 Å². The summed E-state index contributed by atoms with van der Waals surface area (Å²) in [7, 11) is -2.57. The summed E-state index contributed by atoms with van der Waals surface area (Å²) in [4.78, 5) is 11.5. The van der Waals surface area contributed by atoms with Crippen molar-refractivity contribution in [1.82, 2.24) is 20.2 Å². The van der Waals surface area contributed by atoms with Gasteiger partial charge in [-0.15, -0.1) is 5.10 Å². The molecule has 0 saturated heterocycles. The second-order valence-electron chi connectivity index (χ2n) is 5.33. The first-order valence-electron chi connectivity index (χ1n) is 7.46. The molecule has 9 nitrogen and oxygen atoms in total. The molecular weight excluding hydrogens is 358 g/mol. The Balaban J connectivity index is 1.91. The lowest BCUT2D eigenvalue weighted by atomic mass is 10.1. The number of benzene rings is 2. The van der Waals surface area contributed by atoms with Crippen molar-refractivity contribution in [3.05, 3.63) is 59.9 Å². The summed E-state index contributed by atoms with van der Waals surface area (Å²) in [5.41, 5.74) is 1.98. The molecule has 26 heavy (non-hydrogen) atoms. The summed E-state index contributed by atoms with van der Waals surface area (Å²) < 4.78 is 33.8. The first-order chi connectivity index (χ1) is 12.4. The van der Waals surface area contributed by atoms with E-state index in [0.717, 1.165) is 0 Å². The van der Waals surface area contributed by atoms with Crippen molar-refractivity contribution in [3.8, 4) is 5.69 Å². The molecule has 2 aromatic carbocycles. The topological polar surface area (TPSA) is 116 Å². The van der Waals surface area contributed by atoms with Crippen molar-refractivity contribution in [2.75, 3.05) is 11.8 Å². The number of aromatic nitrogens is 4. The van der Waals surface area contributed by atoms with Crippen LogP contribution in [-0.4, -0.2) is 41.7 Å².